The Balaban J connectivity index is 2.12. The minimum atomic E-state index is -0.967. The Labute approximate surface area is 139 Å². The molecule has 6 heteroatoms. The molecule has 0 spiro atoms. The summed E-state index contributed by atoms with van der Waals surface area (Å²) in [5.41, 5.74) is 0.637. The van der Waals surface area contributed by atoms with Crippen molar-refractivity contribution in [3.63, 3.8) is 0 Å². The van der Waals surface area contributed by atoms with Gasteiger partial charge in [-0.15, -0.1) is 0 Å². The Morgan fingerprint density at radius 1 is 1.08 bits per heavy atom. The molecule has 2 aromatic rings. The lowest BCUT2D eigenvalue weighted by Gasteiger charge is -2.26. The number of carbonyl (C=O) groups excluding carboxylic acids is 2. The molecule has 0 heterocycles. The second-order valence-electron chi connectivity index (χ2n) is 5.59. The van der Waals surface area contributed by atoms with E-state index >= 15 is 0 Å². The molecule has 126 valence electrons. The predicted molar refractivity (Wildman–Crippen MR) is 87.1 cm³/mol. The lowest BCUT2D eigenvalue weighted by molar-refractivity contribution is -0.144. The molecule has 2 aromatic carbocycles. The molecule has 2 rings (SSSR count). The van der Waals surface area contributed by atoms with Gasteiger partial charge in [0.1, 0.15) is 11.6 Å². The number of hydrogen-bond donors (Lipinski definition) is 1. The van der Waals surface area contributed by atoms with E-state index in [1.54, 1.807) is 13.8 Å². The van der Waals surface area contributed by atoms with Gasteiger partial charge in [-0.05, 0) is 31.5 Å². The Morgan fingerprint density at radius 2 is 1.75 bits per heavy atom. The van der Waals surface area contributed by atoms with E-state index in [0.717, 1.165) is 17.7 Å². The molecule has 2 amide bonds. The molecule has 0 saturated heterocycles. The van der Waals surface area contributed by atoms with Gasteiger partial charge in [-0.1, -0.05) is 30.3 Å². The molecule has 0 saturated carbocycles. The summed E-state index contributed by atoms with van der Waals surface area (Å²) < 4.78 is 26.5. The van der Waals surface area contributed by atoms with Crippen LogP contribution in [0.3, 0.4) is 0 Å². The van der Waals surface area contributed by atoms with Gasteiger partial charge in [-0.3, -0.25) is 9.59 Å². The summed E-state index contributed by atoms with van der Waals surface area (Å²) in [6.45, 7) is 3.83. The molecule has 0 unspecified atom stereocenters. The SMILES string of the molecule is CC(C)N(Cc1ccccc1)C(=O)C(=O)Nc1ccc(F)cc1F. The quantitative estimate of drug-likeness (QED) is 0.873. The van der Waals surface area contributed by atoms with Gasteiger partial charge in [0, 0.05) is 18.7 Å². The number of nitrogens with zero attached hydrogens (tertiary/aromatic N) is 1. The minimum Gasteiger partial charge on any atom is -0.328 e. The molecule has 0 aliphatic carbocycles. The first kappa shape index (κ1) is 17.6. The highest BCUT2D eigenvalue weighted by Crippen LogP contribution is 2.16. The Bertz CT molecular complexity index is 733. The van der Waals surface area contributed by atoms with Crippen molar-refractivity contribution in [1.82, 2.24) is 4.90 Å². The minimum absolute atomic E-state index is 0.221. The summed E-state index contributed by atoms with van der Waals surface area (Å²) in [7, 11) is 0. The second kappa shape index (κ2) is 7.68. The van der Waals surface area contributed by atoms with Crippen LogP contribution in [0, 0.1) is 11.6 Å². The second-order valence-corrected chi connectivity index (χ2v) is 5.59. The van der Waals surface area contributed by atoms with Crippen molar-refractivity contribution in [3.8, 4) is 0 Å². The first-order valence-corrected chi connectivity index (χ1v) is 7.49. The van der Waals surface area contributed by atoms with Crippen LogP contribution in [-0.2, 0) is 16.1 Å². The summed E-state index contributed by atoms with van der Waals surface area (Å²) in [6, 6.07) is 11.7. The standard InChI is InChI=1S/C18H18F2N2O2/c1-12(2)22(11-13-6-4-3-5-7-13)18(24)17(23)21-16-9-8-14(19)10-15(16)20/h3-10,12H,11H2,1-2H3,(H,21,23). The van der Waals surface area contributed by atoms with Crippen LogP contribution in [0.15, 0.2) is 48.5 Å². The number of carbonyl (C=O) groups is 2. The van der Waals surface area contributed by atoms with E-state index < -0.39 is 23.4 Å². The molecule has 0 radical (unpaired) electrons. The van der Waals surface area contributed by atoms with Gasteiger partial charge in [0.05, 0.1) is 5.69 Å². The van der Waals surface area contributed by atoms with Crippen molar-refractivity contribution in [1.29, 1.82) is 0 Å². The normalized spacial score (nSPS) is 10.5. The first-order chi connectivity index (χ1) is 11.4. The Kier molecular flexibility index (Phi) is 5.63. The monoisotopic (exact) mass is 332 g/mol. The number of amides is 2. The molecule has 0 aliphatic rings. The third-order valence-corrected chi connectivity index (χ3v) is 3.45. The highest BCUT2D eigenvalue weighted by Gasteiger charge is 2.25. The fourth-order valence-electron chi connectivity index (χ4n) is 2.17. The zero-order valence-electron chi connectivity index (χ0n) is 13.4. The lowest BCUT2D eigenvalue weighted by atomic mass is 10.2. The Hall–Kier alpha value is -2.76. The summed E-state index contributed by atoms with van der Waals surface area (Å²) >= 11 is 0. The summed E-state index contributed by atoms with van der Waals surface area (Å²) in [6.07, 6.45) is 0. The number of benzene rings is 2. The molecule has 0 fully saturated rings. The van der Waals surface area contributed by atoms with Crippen molar-refractivity contribution < 1.29 is 18.4 Å². The van der Waals surface area contributed by atoms with Crippen molar-refractivity contribution in [2.75, 3.05) is 5.32 Å². The van der Waals surface area contributed by atoms with E-state index in [2.05, 4.69) is 5.32 Å². The van der Waals surface area contributed by atoms with E-state index in [4.69, 9.17) is 0 Å². The van der Waals surface area contributed by atoms with E-state index in [-0.39, 0.29) is 18.3 Å². The van der Waals surface area contributed by atoms with E-state index in [0.29, 0.717) is 6.07 Å². The van der Waals surface area contributed by atoms with Gasteiger partial charge < -0.3 is 10.2 Å². The van der Waals surface area contributed by atoms with Gasteiger partial charge >= 0.3 is 11.8 Å². The smallest absolute Gasteiger partial charge is 0.314 e. The fourth-order valence-corrected chi connectivity index (χ4v) is 2.17. The average molecular weight is 332 g/mol. The number of hydrogen-bond acceptors (Lipinski definition) is 2. The Morgan fingerprint density at radius 3 is 2.33 bits per heavy atom. The first-order valence-electron chi connectivity index (χ1n) is 7.49. The van der Waals surface area contributed by atoms with Crippen molar-refractivity contribution >= 4 is 17.5 Å². The molecule has 0 bridgehead atoms. The summed E-state index contributed by atoms with van der Waals surface area (Å²) in [5, 5.41) is 2.19. The van der Waals surface area contributed by atoms with Crippen molar-refractivity contribution in [2.45, 2.75) is 26.4 Å². The number of halogens is 2. The fraction of sp³-hybridized carbons (Fsp3) is 0.222. The van der Waals surface area contributed by atoms with Gasteiger partial charge in [0.15, 0.2) is 0 Å². The molecule has 0 aromatic heterocycles. The molecule has 4 nitrogen and oxygen atoms in total. The maximum atomic E-state index is 13.6. The van der Waals surface area contributed by atoms with Crippen LogP contribution < -0.4 is 5.32 Å². The molecule has 0 atom stereocenters. The molecule has 0 aliphatic heterocycles. The summed E-state index contributed by atoms with van der Waals surface area (Å²) in [5.74, 6) is -3.44. The zero-order valence-corrected chi connectivity index (χ0v) is 13.4. The third-order valence-electron chi connectivity index (χ3n) is 3.45. The lowest BCUT2D eigenvalue weighted by Crippen LogP contribution is -2.43. The van der Waals surface area contributed by atoms with Gasteiger partial charge in [-0.25, -0.2) is 8.78 Å². The number of anilines is 1. The van der Waals surface area contributed by atoms with E-state index in [1.165, 1.54) is 4.90 Å². The van der Waals surface area contributed by atoms with E-state index in [9.17, 15) is 18.4 Å². The van der Waals surface area contributed by atoms with Crippen LogP contribution in [0.5, 0.6) is 0 Å². The predicted octanol–water partition coefficient (Wildman–Crippen LogP) is 3.34. The van der Waals surface area contributed by atoms with Crippen LogP contribution in [0.1, 0.15) is 19.4 Å². The molecular formula is C18H18F2N2O2. The summed E-state index contributed by atoms with van der Waals surface area (Å²) in [4.78, 5) is 25.9. The maximum absolute atomic E-state index is 13.6. The van der Waals surface area contributed by atoms with E-state index in [1.807, 2.05) is 30.3 Å². The number of nitrogens with one attached hydrogen (secondary N) is 1. The van der Waals surface area contributed by atoms with Crippen molar-refractivity contribution in [3.05, 3.63) is 65.7 Å². The topological polar surface area (TPSA) is 49.4 Å². The highest BCUT2D eigenvalue weighted by atomic mass is 19.1. The largest absolute Gasteiger partial charge is 0.328 e. The van der Waals surface area contributed by atoms with Crippen LogP contribution in [0.2, 0.25) is 0 Å². The zero-order chi connectivity index (χ0) is 17.7. The highest BCUT2D eigenvalue weighted by molar-refractivity contribution is 6.39. The van der Waals surface area contributed by atoms with Gasteiger partial charge in [0.2, 0.25) is 0 Å². The van der Waals surface area contributed by atoms with Crippen molar-refractivity contribution in [2.24, 2.45) is 0 Å². The maximum Gasteiger partial charge on any atom is 0.314 e. The average Bonchev–Trinajstić information content (AvgIpc) is 2.55. The van der Waals surface area contributed by atoms with Crippen LogP contribution in [-0.4, -0.2) is 22.8 Å². The third kappa shape index (κ3) is 4.38. The number of rotatable bonds is 4. The van der Waals surface area contributed by atoms with Crippen LogP contribution in [0.4, 0.5) is 14.5 Å². The molecule has 1 N–H and O–H groups in total. The van der Waals surface area contributed by atoms with Gasteiger partial charge in [0.25, 0.3) is 0 Å². The van der Waals surface area contributed by atoms with Gasteiger partial charge in [-0.2, -0.15) is 0 Å². The van der Waals surface area contributed by atoms with Crippen LogP contribution in [0.25, 0.3) is 0 Å². The van der Waals surface area contributed by atoms with Crippen LogP contribution >= 0.6 is 0 Å². The molecule has 24 heavy (non-hydrogen) atoms. The molecular weight excluding hydrogens is 314 g/mol.